The highest BCUT2D eigenvalue weighted by molar-refractivity contribution is 7.89. The van der Waals surface area contributed by atoms with Crippen LogP contribution in [0, 0.1) is 5.82 Å². The molecule has 0 bridgehead atoms. The smallest absolute Gasteiger partial charge is 0.240 e. The summed E-state index contributed by atoms with van der Waals surface area (Å²) in [6, 6.07) is 12.0. The zero-order valence-electron chi connectivity index (χ0n) is 16.1. The zero-order chi connectivity index (χ0) is 21.0. The standard InChI is InChI=1S/C21H23FN2O4S/c1-15(25)16-6-10-19(11-7-16)29(27,28)23-13-12-21(26)24(18-8-9-18)14-17-4-2-3-5-20(17)22/h2-7,10-11,18,23H,8-9,12-14H2,1H3. The molecule has 3 rings (SSSR count). The highest BCUT2D eigenvalue weighted by Crippen LogP contribution is 2.29. The Labute approximate surface area is 169 Å². The molecule has 1 aliphatic rings. The normalized spacial score (nSPS) is 13.9. The fourth-order valence-corrected chi connectivity index (χ4v) is 4.04. The third-order valence-electron chi connectivity index (χ3n) is 4.81. The van der Waals surface area contributed by atoms with Gasteiger partial charge in [0.1, 0.15) is 5.82 Å². The monoisotopic (exact) mass is 418 g/mol. The summed E-state index contributed by atoms with van der Waals surface area (Å²) in [5, 5.41) is 0. The van der Waals surface area contributed by atoms with Crippen LogP contribution >= 0.6 is 0 Å². The molecule has 8 heteroatoms. The second kappa shape index (κ2) is 8.84. The minimum Gasteiger partial charge on any atom is -0.335 e. The number of carbonyl (C=O) groups excluding carboxylic acids is 2. The predicted molar refractivity (Wildman–Crippen MR) is 106 cm³/mol. The highest BCUT2D eigenvalue weighted by atomic mass is 32.2. The number of rotatable bonds is 9. The number of hydrogen-bond donors (Lipinski definition) is 1. The first-order chi connectivity index (χ1) is 13.8. The molecular weight excluding hydrogens is 395 g/mol. The summed E-state index contributed by atoms with van der Waals surface area (Å²) in [7, 11) is -3.79. The van der Waals surface area contributed by atoms with Gasteiger partial charge < -0.3 is 4.90 Å². The van der Waals surface area contributed by atoms with Gasteiger partial charge >= 0.3 is 0 Å². The number of benzene rings is 2. The molecule has 0 atom stereocenters. The number of nitrogens with zero attached hydrogens (tertiary/aromatic N) is 1. The fraction of sp³-hybridized carbons (Fsp3) is 0.333. The molecule has 29 heavy (non-hydrogen) atoms. The molecule has 1 fully saturated rings. The fourth-order valence-electron chi connectivity index (χ4n) is 3.01. The van der Waals surface area contributed by atoms with E-state index in [9.17, 15) is 22.4 Å². The number of halogens is 1. The van der Waals surface area contributed by atoms with Gasteiger partial charge in [0.2, 0.25) is 15.9 Å². The van der Waals surface area contributed by atoms with Crippen LogP contribution in [0.5, 0.6) is 0 Å². The van der Waals surface area contributed by atoms with Crippen molar-refractivity contribution in [1.82, 2.24) is 9.62 Å². The van der Waals surface area contributed by atoms with Gasteiger partial charge in [-0.05, 0) is 38.0 Å². The lowest BCUT2D eigenvalue weighted by atomic mass is 10.2. The maximum absolute atomic E-state index is 13.9. The van der Waals surface area contributed by atoms with Crippen molar-refractivity contribution in [3.05, 3.63) is 65.5 Å². The van der Waals surface area contributed by atoms with Gasteiger partial charge in [-0.2, -0.15) is 0 Å². The van der Waals surface area contributed by atoms with Crippen LogP contribution in [-0.4, -0.2) is 37.6 Å². The van der Waals surface area contributed by atoms with Crippen molar-refractivity contribution in [3.8, 4) is 0 Å². The van der Waals surface area contributed by atoms with Gasteiger partial charge in [-0.15, -0.1) is 0 Å². The number of ketones is 1. The Kier molecular flexibility index (Phi) is 6.44. The average Bonchev–Trinajstić information content (AvgIpc) is 3.52. The summed E-state index contributed by atoms with van der Waals surface area (Å²) < 4.78 is 41.1. The number of sulfonamides is 1. The topological polar surface area (TPSA) is 83.5 Å². The van der Waals surface area contributed by atoms with Gasteiger partial charge in [-0.3, -0.25) is 9.59 Å². The van der Waals surface area contributed by atoms with Gasteiger partial charge in [-0.25, -0.2) is 17.5 Å². The largest absolute Gasteiger partial charge is 0.335 e. The first-order valence-electron chi connectivity index (χ1n) is 9.41. The number of hydrogen-bond acceptors (Lipinski definition) is 4. The van der Waals surface area contributed by atoms with Gasteiger partial charge in [0.25, 0.3) is 0 Å². The van der Waals surface area contributed by atoms with Gasteiger partial charge in [0.15, 0.2) is 5.78 Å². The van der Waals surface area contributed by atoms with Crippen LogP contribution in [0.3, 0.4) is 0 Å². The lowest BCUT2D eigenvalue weighted by molar-refractivity contribution is -0.132. The maximum atomic E-state index is 13.9. The second-order valence-electron chi connectivity index (χ2n) is 7.07. The summed E-state index contributed by atoms with van der Waals surface area (Å²) in [6.45, 7) is 1.52. The average molecular weight is 418 g/mol. The number of amides is 1. The van der Waals surface area contributed by atoms with E-state index in [-0.39, 0.29) is 48.0 Å². The molecule has 1 N–H and O–H groups in total. The Balaban J connectivity index is 1.58. The van der Waals surface area contributed by atoms with Crippen LogP contribution in [0.4, 0.5) is 4.39 Å². The Morgan fingerprint density at radius 1 is 1.10 bits per heavy atom. The Morgan fingerprint density at radius 3 is 2.34 bits per heavy atom. The molecule has 1 aliphatic carbocycles. The van der Waals surface area contributed by atoms with Crippen LogP contribution in [0.15, 0.2) is 53.4 Å². The van der Waals surface area contributed by atoms with E-state index in [2.05, 4.69) is 4.72 Å². The number of nitrogens with one attached hydrogen (secondary N) is 1. The molecule has 2 aromatic rings. The van der Waals surface area contributed by atoms with Crippen molar-refractivity contribution in [2.24, 2.45) is 0 Å². The Bertz CT molecular complexity index is 1000. The molecule has 0 saturated heterocycles. The van der Waals surface area contributed by atoms with Crippen molar-refractivity contribution < 1.29 is 22.4 Å². The highest BCUT2D eigenvalue weighted by Gasteiger charge is 2.32. The molecule has 1 saturated carbocycles. The minimum absolute atomic E-state index is 0.0181. The van der Waals surface area contributed by atoms with Crippen molar-refractivity contribution in [1.29, 1.82) is 0 Å². The van der Waals surface area contributed by atoms with E-state index in [4.69, 9.17) is 0 Å². The Morgan fingerprint density at radius 2 is 1.76 bits per heavy atom. The van der Waals surface area contributed by atoms with E-state index >= 15 is 0 Å². The number of carbonyl (C=O) groups is 2. The van der Waals surface area contributed by atoms with Crippen molar-refractivity contribution in [2.45, 2.75) is 43.7 Å². The third kappa shape index (κ3) is 5.48. The maximum Gasteiger partial charge on any atom is 0.240 e. The number of Topliss-reactive ketones (excluding diaryl/α,β-unsaturated/α-hetero) is 1. The minimum atomic E-state index is -3.79. The summed E-state index contributed by atoms with van der Waals surface area (Å²) in [4.78, 5) is 25.6. The second-order valence-corrected chi connectivity index (χ2v) is 8.84. The lowest BCUT2D eigenvalue weighted by Gasteiger charge is -2.23. The third-order valence-corrected chi connectivity index (χ3v) is 6.29. The van der Waals surface area contributed by atoms with E-state index in [0.717, 1.165) is 12.8 Å². The van der Waals surface area contributed by atoms with Crippen LogP contribution in [0.25, 0.3) is 0 Å². The van der Waals surface area contributed by atoms with Crippen LogP contribution < -0.4 is 4.72 Å². The lowest BCUT2D eigenvalue weighted by Crippen LogP contribution is -2.36. The Hall–Kier alpha value is -2.58. The van der Waals surface area contributed by atoms with Gasteiger partial charge in [0.05, 0.1) is 4.90 Å². The van der Waals surface area contributed by atoms with Crippen LogP contribution in [0.1, 0.15) is 42.1 Å². The summed E-state index contributed by atoms with van der Waals surface area (Å²) in [6.07, 6.45) is 1.72. The molecule has 2 aromatic carbocycles. The SMILES string of the molecule is CC(=O)c1ccc(S(=O)(=O)NCCC(=O)N(Cc2ccccc2F)C2CC2)cc1. The van der Waals surface area contributed by atoms with Crippen molar-refractivity contribution >= 4 is 21.7 Å². The summed E-state index contributed by atoms with van der Waals surface area (Å²) in [5.74, 6) is -0.728. The molecule has 0 spiro atoms. The molecule has 6 nitrogen and oxygen atoms in total. The van der Waals surface area contributed by atoms with E-state index in [0.29, 0.717) is 11.1 Å². The van der Waals surface area contributed by atoms with Crippen LogP contribution in [-0.2, 0) is 21.4 Å². The predicted octanol–water partition coefficient (Wildman–Crippen LogP) is 2.89. The van der Waals surface area contributed by atoms with E-state index < -0.39 is 10.0 Å². The molecule has 1 amide bonds. The van der Waals surface area contributed by atoms with Crippen molar-refractivity contribution in [2.75, 3.05) is 6.54 Å². The van der Waals surface area contributed by atoms with E-state index in [1.807, 2.05) is 0 Å². The quantitative estimate of drug-likeness (QED) is 0.635. The van der Waals surface area contributed by atoms with Crippen molar-refractivity contribution in [3.63, 3.8) is 0 Å². The molecule has 0 radical (unpaired) electrons. The molecule has 0 unspecified atom stereocenters. The zero-order valence-corrected chi connectivity index (χ0v) is 16.9. The molecule has 0 aromatic heterocycles. The molecule has 0 aliphatic heterocycles. The molecule has 0 heterocycles. The van der Waals surface area contributed by atoms with E-state index in [1.165, 1.54) is 37.3 Å². The van der Waals surface area contributed by atoms with Gasteiger partial charge in [0, 0.05) is 36.7 Å². The molecule has 154 valence electrons. The first-order valence-corrected chi connectivity index (χ1v) is 10.9. The van der Waals surface area contributed by atoms with Gasteiger partial charge in [-0.1, -0.05) is 30.3 Å². The van der Waals surface area contributed by atoms with Crippen LogP contribution in [0.2, 0.25) is 0 Å². The molecular formula is C21H23FN2O4S. The summed E-state index contributed by atoms with van der Waals surface area (Å²) in [5.41, 5.74) is 0.867. The van der Waals surface area contributed by atoms with E-state index in [1.54, 1.807) is 23.1 Å². The summed E-state index contributed by atoms with van der Waals surface area (Å²) >= 11 is 0. The first kappa shape index (κ1) is 21.1.